The van der Waals surface area contributed by atoms with Crippen LogP contribution in [-0.4, -0.2) is 47.8 Å². The predicted octanol–water partition coefficient (Wildman–Crippen LogP) is 7.69. The molecule has 0 saturated carbocycles. The second kappa shape index (κ2) is 6.16. The maximum Gasteiger partial charge on any atom is 0.198 e. The van der Waals surface area contributed by atoms with Crippen LogP contribution in [0, 0.1) is 0 Å². The minimum Gasteiger partial charge on any atom is -0.157 e. The average molecular weight is 466 g/mol. The number of rotatable bonds is 6. The molecule has 148 valence electrons. The van der Waals surface area contributed by atoms with Gasteiger partial charge in [-0.3, -0.25) is 0 Å². The standard InChI is InChI=1S/C18H45ClSi6/c1-20(2,3)16-17(21(4,5)6)25(16,19)18(22(7,8)9,23(10,11)12)24(13,14)15/h1-15H3. The van der Waals surface area contributed by atoms with Crippen LogP contribution in [0.5, 0.6) is 0 Å². The number of hydrogen-bond donors (Lipinski definition) is 0. The molecule has 0 aromatic carbocycles. The highest BCUT2D eigenvalue weighted by Gasteiger charge is 2.80. The van der Waals surface area contributed by atoms with E-state index in [1.165, 1.54) is 0 Å². The largest absolute Gasteiger partial charge is 0.198 e. The molecule has 0 saturated heterocycles. The molecule has 0 N–H and O–H groups in total. The van der Waals surface area contributed by atoms with E-state index >= 15 is 0 Å². The molecule has 0 aliphatic carbocycles. The molecule has 0 atom stereocenters. The summed E-state index contributed by atoms with van der Waals surface area (Å²) in [6.07, 6.45) is 0. The summed E-state index contributed by atoms with van der Waals surface area (Å²) >= 11 is 8.16. The van der Waals surface area contributed by atoms with Crippen molar-refractivity contribution >= 4 is 58.8 Å². The van der Waals surface area contributed by atoms with E-state index in [0.717, 1.165) is 0 Å². The molecule has 1 aliphatic heterocycles. The molecule has 1 aliphatic rings. The maximum atomic E-state index is 8.16. The maximum absolute atomic E-state index is 8.16. The molecule has 25 heavy (non-hydrogen) atoms. The lowest BCUT2D eigenvalue weighted by molar-refractivity contribution is 1.22. The third-order valence-corrected chi connectivity index (χ3v) is 54.7. The normalized spacial score (nSPS) is 20.2. The van der Waals surface area contributed by atoms with Crippen molar-refractivity contribution in [3.05, 3.63) is 9.64 Å². The van der Waals surface area contributed by atoms with Crippen molar-refractivity contribution in [3.8, 4) is 0 Å². The van der Waals surface area contributed by atoms with E-state index < -0.39 is 47.8 Å². The molecule has 1 rings (SSSR count). The molecule has 0 nitrogen and oxygen atoms in total. The Labute approximate surface area is 170 Å². The Hall–Kier alpha value is 1.33. The van der Waals surface area contributed by atoms with E-state index in [1.54, 1.807) is 0 Å². The van der Waals surface area contributed by atoms with Gasteiger partial charge in [0.05, 0.1) is 16.1 Å². The second-order valence-electron chi connectivity index (χ2n) is 13.4. The quantitative estimate of drug-likeness (QED) is 0.279. The van der Waals surface area contributed by atoms with Gasteiger partial charge in [-0.1, -0.05) is 108 Å². The van der Waals surface area contributed by atoms with E-state index in [9.17, 15) is 0 Å². The van der Waals surface area contributed by atoms with Gasteiger partial charge in [0.25, 0.3) is 0 Å². The van der Waals surface area contributed by atoms with Crippen LogP contribution in [0.1, 0.15) is 0 Å². The highest BCUT2D eigenvalue weighted by Crippen LogP contribution is 2.73. The van der Waals surface area contributed by atoms with E-state index in [-0.39, 0.29) is 0 Å². The summed E-state index contributed by atoms with van der Waals surface area (Å²) < 4.78 is 0.535. The van der Waals surface area contributed by atoms with Gasteiger partial charge in [0.1, 0.15) is 0 Å². The van der Waals surface area contributed by atoms with Gasteiger partial charge < -0.3 is 0 Å². The highest BCUT2D eigenvalue weighted by molar-refractivity contribution is 7.57. The molecule has 0 aromatic heterocycles. The van der Waals surface area contributed by atoms with Gasteiger partial charge in [-0.15, -0.1) is 0 Å². The van der Waals surface area contributed by atoms with Gasteiger partial charge in [0.2, 0.25) is 0 Å². The van der Waals surface area contributed by atoms with E-state index in [2.05, 4.69) is 98.2 Å². The lowest BCUT2D eigenvalue weighted by Gasteiger charge is -2.63. The van der Waals surface area contributed by atoms with Gasteiger partial charge in [0.15, 0.2) is 7.38 Å². The fraction of sp³-hybridized carbons (Fsp3) is 0.889. The Morgan fingerprint density at radius 2 is 0.720 bits per heavy atom. The molecule has 7 heteroatoms. The van der Waals surface area contributed by atoms with Crippen molar-refractivity contribution < 1.29 is 0 Å². The van der Waals surface area contributed by atoms with Crippen molar-refractivity contribution in [2.75, 3.05) is 0 Å². The highest BCUT2D eigenvalue weighted by atomic mass is 35.6. The Morgan fingerprint density at radius 1 is 0.520 bits per heavy atom. The zero-order chi connectivity index (χ0) is 20.7. The Balaban J connectivity index is 3.99. The minimum absolute atomic E-state index is 0.535. The monoisotopic (exact) mass is 464 g/mol. The van der Waals surface area contributed by atoms with Crippen LogP contribution in [-0.2, 0) is 0 Å². The Morgan fingerprint density at radius 3 is 0.840 bits per heavy atom. The Bertz CT molecular complexity index is 513. The molecule has 0 amide bonds. The summed E-state index contributed by atoms with van der Waals surface area (Å²) in [5.41, 5.74) is 0. The van der Waals surface area contributed by atoms with Gasteiger partial charge in [-0.05, 0) is 3.91 Å². The SMILES string of the molecule is C[Si](C)(C)C1=C([Si](C)(C)C)[Si]1(Cl)C([Si](C)(C)C)([Si](C)(C)C)[Si](C)(C)C. The van der Waals surface area contributed by atoms with Gasteiger partial charge in [0, 0.05) is 24.2 Å². The van der Waals surface area contributed by atoms with E-state index in [4.69, 9.17) is 11.1 Å². The molecular formula is C18H45ClSi6. The third-order valence-electron chi connectivity index (χ3n) is 6.27. The van der Waals surface area contributed by atoms with Crippen LogP contribution in [0.25, 0.3) is 0 Å². The molecule has 0 spiro atoms. The first-order valence-electron chi connectivity index (χ1n) is 9.94. The molecule has 0 bridgehead atoms. The molecule has 1 heterocycles. The van der Waals surface area contributed by atoms with Crippen LogP contribution in [0.2, 0.25) is 102 Å². The zero-order valence-electron chi connectivity index (χ0n) is 19.9. The third kappa shape index (κ3) is 3.44. The first-order valence-corrected chi connectivity index (χ1v) is 30.5. The van der Waals surface area contributed by atoms with Crippen molar-refractivity contribution in [1.82, 2.24) is 0 Å². The topological polar surface area (TPSA) is 0 Å². The molecular weight excluding hydrogens is 420 g/mol. The van der Waals surface area contributed by atoms with Crippen molar-refractivity contribution in [3.63, 3.8) is 0 Å². The predicted molar refractivity (Wildman–Crippen MR) is 138 cm³/mol. The van der Waals surface area contributed by atoms with Crippen LogP contribution in [0.4, 0.5) is 0 Å². The molecule has 0 fully saturated rings. The number of halogens is 1. The van der Waals surface area contributed by atoms with Crippen LogP contribution in [0.3, 0.4) is 0 Å². The van der Waals surface area contributed by atoms with Gasteiger partial charge in [-0.25, -0.2) is 0 Å². The first-order chi connectivity index (χ1) is 10.5. The summed E-state index contributed by atoms with van der Waals surface area (Å²) in [7, 11) is -9.14. The van der Waals surface area contributed by atoms with Crippen LogP contribution in [0.15, 0.2) is 9.64 Å². The average Bonchev–Trinajstić information content (AvgIpc) is 2.76. The smallest absolute Gasteiger partial charge is 0.157 e. The first kappa shape index (κ1) is 24.4. The summed E-state index contributed by atoms with van der Waals surface area (Å²) in [4.78, 5) is 3.85. The minimum atomic E-state index is -2.01. The summed E-state index contributed by atoms with van der Waals surface area (Å²) in [5.74, 6) is 0. The van der Waals surface area contributed by atoms with Crippen molar-refractivity contribution in [2.24, 2.45) is 0 Å². The van der Waals surface area contributed by atoms with E-state index in [0.29, 0.717) is 3.91 Å². The van der Waals surface area contributed by atoms with Crippen LogP contribution < -0.4 is 0 Å². The lowest BCUT2D eigenvalue weighted by atomic mass is 11.2. The lowest BCUT2D eigenvalue weighted by Crippen LogP contribution is -2.74. The van der Waals surface area contributed by atoms with Gasteiger partial charge >= 0.3 is 0 Å². The fourth-order valence-corrected chi connectivity index (χ4v) is 84.0. The molecule has 0 aromatic rings. The van der Waals surface area contributed by atoms with Gasteiger partial charge in [-0.2, -0.15) is 11.1 Å². The fourth-order valence-electron chi connectivity index (χ4n) is 7.34. The van der Waals surface area contributed by atoms with Crippen molar-refractivity contribution in [2.45, 2.75) is 102 Å². The van der Waals surface area contributed by atoms with Crippen molar-refractivity contribution in [1.29, 1.82) is 0 Å². The Kier molecular flexibility index (Phi) is 6.01. The summed E-state index contributed by atoms with van der Waals surface area (Å²) in [6.45, 7) is 39.5. The zero-order valence-corrected chi connectivity index (χ0v) is 26.6. The molecule has 0 unspecified atom stereocenters. The molecule has 0 radical (unpaired) electrons. The summed E-state index contributed by atoms with van der Waals surface area (Å²) in [6, 6.07) is 0. The van der Waals surface area contributed by atoms with E-state index in [1.807, 2.05) is 9.64 Å². The summed E-state index contributed by atoms with van der Waals surface area (Å²) in [5, 5.41) is 0. The number of hydrogen-bond acceptors (Lipinski definition) is 0. The van der Waals surface area contributed by atoms with Crippen LogP contribution >= 0.6 is 11.1 Å². The second-order valence-corrected chi connectivity index (χ2v) is 47.9.